The van der Waals surface area contributed by atoms with E-state index in [9.17, 15) is 43.2 Å². The maximum Gasteiger partial charge on any atom is 0.472 e. The summed E-state index contributed by atoms with van der Waals surface area (Å²) < 4.78 is 69.1. The van der Waals surface area contributed by atoms with Gasteiger partial charge in [0.15, 0.2) is 12.2 Å². The molecule has 3 N–H and O–H groups in total. The van der Waals surface area contributed by atoms with Crippen molar-refractivity contribution in [2.45, 2.75) is 522 Å². The molecule has 2 unspecified atom stereocenters. The van der Waals surface area contributed by atoms with Crippen molar-refractivity contribution in [2.75, 3.05) is 39.6 Å². The first kappa shape index (κ1) is 109. The van der Waals surface area contributed by atoms with Gasteiger partial charge in [0.25, 0.3) is 0 Å². The summed E-state index contributed by atoms with van der Waals surface area (Å²) in [5.41, 5.74) is 0. The normalized spacial score (nSPS) is 13.7. The third-order valence-corrected chi connectivity index (χ3v) is 23.7. The van der Waals surface area contributed by atoms with Gasteiger partial charge in [-0.05, 0) is 31.6 Å². The lowest BCUT2D eigenvalue weighted by Gasteiger charge is -2.21. The molecular formula is C92H180O17P2. The number of ether oxygens (including phenoxy) is 4. The minimum Gasteiger partial charge on any atom is -0.462 e. The maximum absolute atomic E-state index is 13.2. The summed E-state index contributed by atoms with van der Waals surface area (Å²) in [6.07, 6.45) is 80.8. The topological polar surface area (TPSA) is 237 Å². The van der Waals surface area contributed by atoms with E-state index in [1.54, 1.807) is 0 Å². The Labute approximate surface area is 683 Å². The Morgan fingerprint density at radius 2 is 0.414 bits per heavy atom. The molecule has 0 saturated carbocycles. The zero-order chi connectivity index (χ0) is 81.1. The zero-order valence-corrected chi connectivity index (χ0v) is 74.9. The summed E-state index contributed by atoms with van der Waals surface area (Å²) in [7, 11) is -9.94. The van der Waals surface area contributed by atoms with Crippen LogP contribution in [0.2, 0.25) is 0 Å². The zero-order valence-electron chi connectivity index (χ0n) is 73.1. The molecule has 0 saturated heterocycles. The largest absolute Gasteiger partial charge is 0.472 e. The number of hydrogen-bond acceptors (Lipinski definition) is 15. The molecule has 0 fully saturated rings. The number of esters is 4. The highest BCUT2D eigenvalue weighted by Gasteiger charge is 2.31. The van der Waals surface area contributed by atoms with Gasteiger partial charge in [-0.1, -0.05) is 452 Å². The van der Waals surface area contributed by atoms with E-state index in [4.69, 9.17) is 37.0 Å². The Hall–Kier alpha value is -1.94. The molecule has 5 atom stereocenters. The molecule has 660 valence electrons. The Bertz CT molecular complexity index is 2100. The van der Waals surface area contributed by atoms with E-state index in [1.165, 1.54) is 327 Å². The van der Waals surface area contributed by atoms with E-state index in [0.29, 0.717) is 25.7 Å². The molecule has 0 aliphatic heterocycles. The molecular weight excluding hydrogens is 1440 g/mol. The van der Waals surface area contributed by atoms with Gasteiger partial charge in [0.2, 0.25) is 0 Å². The molecule has 0 aromatic heterocycles. The minimum absolute atomic E-state index is 0.109. The van der Waals surface area contributed by atoms with Crippen LogP contribution in [0.3, 0.4) is 0 Å². The molecule has 0 bridgehead atoms. The summed E-state index contributed by atoms with van der Waals surface area (Å²) in [4.78, 5) is 73.4. The van der Waals surface area contributed by atoms with Crippen molar-refractivity contribution >= 4 is 39.5 Å². The standard InChI is InChI=1S/C92H180O17P2/c1-6-9-12-15-18-21-24-27-30-33-36-38-40-43-45-48-51-54-60-65-70-75-89(94)102-81-87(108-91(96)77-73-68-63-56-53-50-47-44-41-39-37-34-31-28-25-22-19-16-13-10-7-2)83-106-110(98,99)104-79-86(93)80-105-111(100,101)107-84-88(82-103-90(95)76-71-66-61-58-57-59-64-69-74-85(4)5)109-92(97)78-72-67-62-55-52-49-46-42-35-32-29-26-23-20-17-14-11-8-3/h85-88,93H,6-84H2,1-5H3,(H,98,99)(H,100,101)/t86-,87-,88-/m1/s1. The van der Waals surface area contributed by atoms with Crippen molar-refractivity contribution in [1.82, 2.24) is 0 Å². The second kappa shape index (κ2) is 84.5. The van der Waals surface area contributed by atoms with Crippen molar-refractivity contribution in [3.05, 3.63) is 0 Å². The fourth-order valence-electron chi connectivity index (χ4n) is 14.5. The van der Waals surface area contributed by atoms with Crippen LogP contribution in [0.25, 0.3) is 0 Å². The first-order valence-electron chi connectivity index (χ1n) is 47.6. The van der Waals surface area contributed by atoms with Gasteiger partial charge in [-0.15, -0.1) is 0 Å². The molecule has 0 aliphatic rings. The number of hydrogen-bond donors (Lipinski definition) is 3. The number of phosphoric ester groups is 2. The number of unbranched alkanes of at least 4 members (excludes halogenated alkanes) is 64. The molecule has 0 aromatic carbocycles. The lowest BCUT2D eigenvalue weighted by atomic mass is 10.0. The number of aliphatic hydroxyl groups is 1. The summed E-state index contributed by atoms with van der Waals surface area (Å²) >= 11 is 0. The second-order valence-electron chi connectivity index (χ2n) is 33.5. The van der Waals surface area contributed by atoms with Crippen LogP contribution in [0.5, 0.6) is 0 Å². The summed E-state index contributed by atoms with van der Waals surface area (Å²) in [5, 5.41) is 10.7. The van der Waals surface area contributed by atoms with Crippen molar-refractivity contribution in [3.8, 4) is 0 Å². The molecule has 17 nitrogen and oxygen atoms in total. The third kappa shape index (κ3) is 85.8. The van der Waals surface area contributed by atoms with Gasteiger partial charge >= 0.3 is 39.5 Å². The van der Waals surface area contributed by atoms with Gasteiger partial charge in [-0.2, -0.15) is 0 Å². The van der Waals surface area contributed by atoms with Gasteiger partial charge in [0.05, 0.1) is 26.4 Å². The molecule has 111 heavy (non-hydrogen) atoms. The van der Waals surface area contributed by atoms with Gasteiger partial charge in [-0.25, -0.2) is 9.13 Å². The quantitative estimate of drug-likeness (QED) is 0.0222. The lowest BCUT2D eigenvalue weighted by molar-refractivity contribution is -0.161. The Balaban J connectivity index is 5.22. The Kier molecular flexibility index (Phi) is 83.0. The fraction of sp³-hybridized carbons (Fsp3) is 0.957. The maximum atomic E-state index is 13.2. The highest BCUT2D eigenvalue weighted by atomic mass is 31.2. The van der Waals surface area contributed by atoms with Crippen LogP contribution in [-0.2, 0) is 65.4 Å². The Morgan fingerprint density at radius 3 is 0.613 bits per heavy atom. The average Bonchev–Trinajstić information content (AvgIpc) is 0.903. The summed E-state index contributed by atoms with van der Waals surface area (Å²) in [6.45, 7) is 7.36. The van der Waals surface area contributed by atoms with Crippen LogP contribution in [0.1, 0.15) is 503 Å². The van der Waals surface area contributed by atoms with Crippen LogP contribution in [0.4, 0.5) is 0 Å². The molecule has 19 heteroatoms. The van der Waals surface area contributed by atoms with Crippen molar-refractivity contribution in [1.29, 1.82) is 0 Å². The van der Waals surface area contributed by atoms with Crippen molar-refractivity contribution in [2.24, 2.45) is 5.92 Å². The highest BCUT2D eigenvalue weighted by Crippen LogP contribution is 2.45. The van der Waals surface area contributed by atoms with Gasteiger partial charge < -0.3 is 33.8 Å². The third-order valence-electron chi connectivity index (χ3n) is 21.8. The first-order chi connectivity index (χ1) is 54.0. The van der Waals surface area contributed by atoms with E-state index >= 15 is 0 Å². The smallest absolute Gasteiger partial charge is 0.462 e. The van der Waals surface area contributed by atoms with Crippen LogP contribution in [0.15, 0.2) is 0 Å². The lowest BCUT2D eigenvalue weighted by Crippen LogP contribution is -2.30. The van der Waals surface area contributed by atoms with E-state index in [0.717, 1.165) is 95.8 Å². The average molecular weight is 1620 g/mol. The molecule has 0 rings (SSSR count). The van der Waals surface area contributed by atoms with Gasteiger partial charge in [-0.3, -0.25) is 37.3 Å². The SMILES string of the molecule is CCCCCCCCCCCCCCCCCCCCCCCC(=O)OC[C@H](COP(=O)(O)OC[C@@H](O)COP(=O)(O)OC[C@@H](COC(=O)CCCCCCCCCCC(C)C)OC(=O)CCCCCCCCCCCCCCCCCCCC)OC(=O)CCCCCCCCCCCCCCCCCCCCCCC. The highest BCUT2D eigenvalue weighted by molar-refractivity contribution is 7.47. The predicted octanol–water partition coefficient (Wildman–Crippen LogP) is 28.7. The second-order valence-corrected chi connectivity index (χ2v) is 36.4. The van der Waals surface area contributed by atoms with E-state index in [1.807, 2.05) is 0 Å². The molecule has 0 aromatic rings. The van der Waals surface area contributed by atoms with Gasteiger partial charge in [0, 0.05) is 25.7 Å². The number of aliphatic hydroxyl groups excluding tert-OH is 1. The Morgan fingerprint density at radius 1 is 0.243 bits per heavy atom. The number of carbonyl (C=O) groups is 4. The summed E-state index contributed by atoms with van der Waals surface area (Å²) in [6, 6.07) is 0. The number of carbonyl (C=O) groups excluding carboxylic acids is 4. The number of phosphoric acid groups is 2. The van der Waals surface area contributed by atoms with Crippen molar-refractivity contribution in [3.63, 3.8) is 0 Å². The molecule has 0 aliphatic carbocycles. The van der Waals surface area contributed by atoms with Crippen LogP contribution >= 0.6 is 15.6 Å². The van der Waals surface area contributed by atoms with Crippen LogP contribution < -0.4 is 0 Å². The fourth-order valence-corrected chi connectivity index (χ4v) is 16.1. The molecule has 0 radical (unpaired) electrons. The molecule has 0 spiro atoms. The van der Waals surface area contributed by atoms with E-state index in [-0.39, 0.29) is 25.7 Å². The van der Waals surface area contributed by atoms with Crippen LogP contribution in [-0.4, -0.2) is 96.7 Å². The predicted molar refractivity (Wildman–Crippen MR) is 460 cm³/mol. The van der Waals surface area contributed by atoms with Gasteiger partial charge in [0.1, 0.15) is 19.3 Å². The minimum atomic E-state index is -4.97. The van der Waals surface area contributed by atoms with E-state index in [2.05, 4.69) is 34.6 Å². The van der Waals surface area contributed by atoms with Crippen molar-refractivity contribution < 1.29 is 80.2 Å². The van der Waals surface area contributed by atoms with E-state index < -0.39 is 97.5 Å². The van der Waals surface area contributed by atoms with Crippen LogP contribution in [0, 0.1) is 5.92 Å². The molecule has 0 amide bonds. The summed E-state index contributed by atoms with van der Waals surface area (Å²) in [5.74, 6) is -1.37. The monoisotopic (exact) mass is 1620 g/mol. The molecule has 0 heterocycles. The number of rotatable bonds is 92. The first-order valence-corrected chi connectivity index (χ1v) is 50.6.